The average Bonchev–Trinajstić information content (AvgIpc) is 3.26. The summed E-state index contributed by atoms with van der Waals surface area (Å²) >= 11 is 0. The van der Waals surface area contributed by atoms with Crippen LogP contribution >= 0.6 is 0 Å². The van der Waals surface area contributed by atoms with Gasteiger partial charge in [-0.05, 0) is 68.6 Å². The Morgan fingerprint density at radius 1 is 0.483 bits per heavy atom. The molecule has 0 spiro atoms. The van der Waals surface area contributed by atoms with Gasteiger partial charge in [0.05, 0.1) is 0 Å². The Morgan fingerprint density at radius 3 is 1.31 bits per heavy atom. The molecule has 1 heteroatoms. The second-order valence-corrected chi connectivity index (χ2v) is 7.70. The van der Waals surface area contributed by atoms with E-state index in [-0.39, 0.29) is 5.78 Å². The van der Waals surface area contributed by atoms with Crippen LogP contribution in [0.5, 0.6) is 0 Å². The Bertz CT molecular complexity index is 1320. The van der Waals surface area contributed by atoms with Gasteiger partial charge in [-0.25, -0.2) is 0 Å². The molecule has 0 aromatic heterocycles. The van der Waals surface area contributed by atoms with Crippen molar-refractivity contribution in [2.45, 2.75) is 6.92 Å². The number of benzene rings is 4. The van der Waals surface area contributed by atoms with Crippen LogP contribution in [-0.4, -0.2) is 5.78 Å². The molecule has 0 aliphatic heterocycles. The Labute approximate surface area is 170 Å². The Hall–Kier alpha value is -3.71. The van der Waals surface area contributed by atoms with Gasteiger partial charge in [-0.3, -0.25) is 4.79 Å². The Kier molecular flexibility index (Phi) is 3.30. The summed E-state index contributed by atoms with van der Waals surface area (Å²) in [6.07, 6.45) is 0. The predicted octanol–water partition coefficient (Wildman–Crippen LogP) is 6.86. The van der Waals surface area contributed by atoms with Gasteiger partial charge in [0, 0.05) is 5.56 Å². The predicted molar refractivity (Wildman–Crippen MR) is 119 cm³/mol. The lowest BCUT2D eigenvalue weighted by atomic mass is 9.91. The van der Waals surface area contributed by atoms with Crippen LogP contribution in [0.1, 0.15) is 39.5 Å². The zero-order chi connectivity index (χ0) is 19.5. The Balaban J connectivity index is 1.79. The van der Waals surface area contributed by atoms with Crippen molar-refractivity contribution in [3.8, 4) is 22.3 Å². The van der Waals surface area contributed by atoms with Crippen LogP contribution in [0.3, 0.4) is 0 Å². The van der Waals surface area contributed by atoms with E-state index in [9.17, 15) is 4.79 Å². The summed E-state index contributed by atoms with van der Waals surface area (Å²) < 4.78 is 0. The fourth-order valence-electron chi connectivity index (χ4n) is 4.84. The van der Waals surface area contributed by atoms with E-state index in [4.69, 9.17) is 0 Å². The molecule has 0 atom stereocenters. The molecule has 0 unspecified atom stereocenters. The minimum Gasteiger partial charge on any atom is -0.295 e. The Morgan fingerprint density at radius 2 is 0.862 bits per heavy atom. The average molecular weight is 370 g/mol. The van der Waals surface area contributed by atoms with Crippen LogP contribution < -0.4 is 0 Å². The summed E-state index contributed by atoms with van der Waals surface area (Å²) in [6, 6.07) is 32.0. The smallest absolute Gasteiger partial charge is 0.159 e. The van der Waals surface area contributed by atoms with E-state index in [1.807, 2.05) is 6.07 Å². The van der Waals surface area contributed by atoms with Crippen LogP contribution in [0.2, 0.25) is 0 Å². The van der Waals surface area contributed by atoms with Gasteiger partial charge in [0.15, 0.2) is 5.78 Å². The monoisotopic (exact) mass is 370 g/mol. The SMILES string of the molecule is CC(=O)c1ccc2c(c1)C(=C1c3ccccc3-c3ccccc31)c1ccccc1-2. The third-order valence-electron chi connectivity index (χ3n) is 6.11. The molecule has 1 nitrogen and oxygen atoms in total. The van der Waals surface area contributed by atoms with Crippen molar-refractivity contribution in [2.75, 3.05) is 0 Å². The molecule has 0 radical (unpaired) electrons. The fraction of sp³-hybridized carbons (Fsp3) is 0.0357. The minimum atomic E-state index is 0.0975. The van der Waals surface area contributed by atoms with Crippen LogP contribution in [0.4, 0.5) is 0 Å². The number of carbonyl (C=O) groups is 1. The first-order chi connectivity index (χ1) is 14.2. The van der Waals surface area contributed by atoms with Gasteiger partial charge in [0.1, 0.15) is 0 Å². The standard InChI is InChI=1S/C28H18O/c1-17(29)18-14-15-22-21-10-4-7-13-25(21)28(26(22)16-18)27-23-11-5-2-8-19(23)20-9-3-6-12-24(20)27/h2-16H,1H3. The van der Waals surface area contributed by atoms with Gasteiger partial charge in [-0.2, -0.15) is 0 Å². The number of hydrogen-bond acceptors (Lipinski definition) is 1. The molecule has 0 heterocycles. The third kappa shape index (κ3) is 2.19. The summed E-state index contributed by atoms with van der Waals surface area (Å²) in [5.74, 6) is 0.0975. The van der Waals surface area contributed by atoms with Crippen LogP contribution in [0.15, 0.2) is 91.0 Å². The number of carbonyl (C=O) groups excluding carboxylic acids is 1. The van der Waals surface area contributed by atoms with Crippen LogP contribution in [0.25, 0.3) is 33.4 Å². The van der Waals surface area contributed by atoms with Gasteiger partial charge < -0.3 is 0 Å². The second kappa shape index (κ2) is 5.89. The molecule has 0 saturated heterocycles. The second-order valence-electron chi connectivity index (χ2n) is 7.70. The molecule has 0 fully saturated rings. The minimum absolute atomic E-state index is 0.0975. The first-order valence-electron chi connectivity index (χ1n) is 9.92. The molecule has 6 rings (SSSR count). The molecule has 2 aliphatic rings. The molecule has 136 valence electrons. The summed E-state index contributed by atoms with van der Waals surface area (Å²) in [5, 5.41) is 0. The molecule has 29 heavy (non-hydrogen) atoms. The maximum atomic E-state index is 12.1. The van der Waals surface area contributed by atoms with Crippen LogP contribution in [0, 0.1) is 0 Å². The van der Waals surface area contributed by atoms with Gasteiger partial charge in [0.2, 0.25) is 0 Å². The first kappa shape index (κ1) is 16.3. The molecule has 2 aliphatic carbocycles. The van der Waals surface area contributed by atoms with Gasteiger partial charge in [-0.1, -0.05) is 84.9 Å². The van der Waals surface area contributed by atoms with Crippen molar-refractivity contribution in [2.24, 2.45) is 0 Å². The van der Waals surface area contributed by atoms with E-state index >= 15 is 0 Å². The van der Waals surface area contributed by atoms with Gasteiger partial charge in [-0.15, -0.1) is 0 Å². The fourth-order valence-corrected chi connectivity index (χ4v) is 4.84. The third-order valence-corrected chi connectivity index (χ3v) is 6.11. The van der Waals surface area contributed by atoms with Crippen molar-refractivity contribution in [3.05, 3.63) is 119 Å². The number of ketones is 1. The first-order valence-corrected chi connectivity index (χ1v) is 9.92. The van der Waals surface area contributed by atoms with E-state index < -0.39 is 0 Å². The molecule has 0 bridgehead atoms. The molecule has 0 N–H and O–H groups in total. The zero-order valence-corrected chi connectivity index (χ0v) is 16.1. The number of rotatable bonds is 1. The van der Waals surface area contributed by atoms with Crippen molar-refractivity contribution >= 4 is 16.9 Å². The molecular formula is C28H18O. The maximum Gasteiger partial charge on any atom is 0.159 e. The van der Waals surface area contributed by atoms with Crippen molar-refractivity contribution in [1.82, 2.24) is 0 Å². The highest BCUT2D eigenvalue weighted by molar-refractivity contribution is 6.19. The summed E-state index contributed by atoms with van der Waals surface area (Å²) in [5.41, 5.74) is 13.2. The van der Waals surface area contributed by atoms with Crippen LogP contribution in [-0.2, 0) is 0 Å². The van der Waals surface area contributed by atoms with Crippen molar-refractivity contribution < 1.29 is 4.79 Å². The van der Waals surface area contributed by atoms with E-state index in [1.165, 1.54) is 50.1 Å². The molecule has 4 aromatic carbocycles. The van der Waals surface area contributed by atoms with Crippen molar-refractivity contribution in [1.29, 1.82) is 0 Å². The quantitative estimate of drug-likeness (QED) is 0.289. The van der Waals surface area contributed by atoms with E-state index in [1.54, 1.807) is 6.92 Å². The molecular weight excluding hydrogens is 352 g/mol. The van der Waals surface area contributed by atoms with Gasteiger partial charge in [0.25, 0.3) is 0 Å². The lowest BCUT2D eigenvalue weighted by Gasteiger charge is -2.12. The zero-order valence-electron chi connectivity index (χ0n) is 16.1. The maximum absolute atomic E-state index is 12.1. The highest BCUT2D eigenvalue weighted by Crippen LogP contribution is 2.54. The topological polar surface area (TPSA) is 17.1 Å². The van der Waals surface area contributed by atoms with E-state index in [2.05, 4.69) is 84.9 Å². The number of fused-ring (bicyclic) bond motifs is 6. The number of hydrogen-bond donors (Lipinski definition) is 0. The van der Waals surface area contributed by atoms with Gasteiger partial charge >= 0.3 is 0 Å². The lowest BCUT2D eigenvalue weighted by molar-refractivity contribution is 0.101. The lowest BCUT2D eigenvalue weighted by Crippen LogP contribution is -1.95. The number of Topliss-reactive ketones (excluding diaryl/α,β-unsaturated/α-hetero) is 1. The summed E-state index contributed by atoms with van der Waals surface area (Å²) in [6.45, 7) is 1.64. The summed E-state index contributed by atoms with van der Waals surface area (Å²) in [7, 11) is 0. The molecule has 4 aromatic rings. The highest BCUT2D eigenvalue weighted by Gasteiger charge is 2.32. The molecule has 0 saturated carbocycles. The largest absolute Gasteiger partial charge is 0.295 e. The highest BCUT2D eigenvalue weighted by atomic mass is 16.1. The van der Waals surface area contributed by atoms with E-state index in [0.29, 0.717) is 0 Å². The summed E-state index contributed by atoms with van der Waals surface area (Å²) in [4.78, 5) is 12.1. The normalized spacial score (nSPS) is 13.0. The van der Waals surface area contributed by atoms with Crippen molar-refractivity contribution in [3.63, 3.8) is 0 Å². The van der Waals surface area contributed by atoms with E-state index in [0.717, 1.165) is 11.1 Å². The molecule has 0 amide bonds.